The van der Waals surface area contributed by atoms with Crippen LogP contribution in [0.3, 0.4) is 0 Å². The molecule has 2 aromatic heterocycles. The lowest BCUT2D eigenvalue weighted by Crippen LogP contribution is -2.16. The predicted molar refractivity (Wildman–Crippen MR) is 100.0 cm³/mol. The fourth-order valence-corrected chi connectivity index (χ4v) is 4.39. The van der Waals surface area contributed by atoms with E-state index < -0.39 is 15.4 Å². The van der Waals surface area contributed by atoms with E-state index in [0.29, 0.717) is 20.9 Å². The summed E-state index contributed by atoms with van der Waals surface area (Å²) >= 11 is 1.21. The first kappa shape index (κ1) is 15.7. The van der Waals surface area contributed by atoms with Crippen LogP contribution in [-0.4, -0.2) is 30.3 Å². The average molecular weight is 372 g/mol. The largest absolute Gasteiger partial charge is 0.384 e. The number of sulfone groups is 1. The van der Waals surface area contributed by atoms with Crippen LogP contribution in [0.5, 0.6) is 0 Å². The number of hydrogen-bond donors (Lipinski definition) is 1. The summed E-state index contributed by atoms with van der Waals surface area (Å²) in [7, 11) is -3.32. The number of rotatable bonds is 2. The highest BCUT2D eigenvalue weighted by molar-refractivity contribution is 7.90. The Morgan fingerprint density at radius 2 is 2.12 bits per heavy atom. The first-order chi connectivity index (χ1) is 11.8. The average Bonchev–Trinajstić information content (AvgIpc) is 3.16. The second kappa shape index (κ2) is 5.36. The predicted octanol–water partition coefficient (Wildman–Crippen LogP) is 1.88. The Morgan fingerprint density at radius 1 is 1.32 bits per heavy atom. The topological polar surface area (TPSA) is 107 Å². The maximum Gasteiger partial charge on any atom is 0.283 e. The number of anilines is 1. The molecule has 0 amide bonds. The summed E-state index contributed by atoms with van der Waals surface area (Å²) < 4.78 is 25.8. The second-order valence-corrected chi connectivity index (χ2v) is 8.57. The molecule has 3 heterocycles. The second-order valence-electron chi connectivity index (χ2n) is 5.54. The highest BCUT2D eigenvalue weighted by Gasteiger charge is 2.16. The van der Waals surface area contributed by atoms with Gasteiger partial charge in [0.15, 0.2) is 14.8 Å². The van der Waals surface area contributed by atoms with Crippen molar-refractivity contribution in [1.29, 1.82) is 0 Å². The van der Waals surface area contributed by atoms with Gasteiger partial charge in [0, 0.05) is 12.5 Å². The van der Waals surface area contributed by atoms with Crippen LogP contribution in [0, 0.1) is 0 Å². The van der Waals surface area contributed by atoms with Gasteiger partial charge in [-0.05, 0) is 36.4 Å². The normalized spacial score (nSPS) is 15.8. The molecule has 3 aromatic rings. The number of nitrogen functional groups attached to an aromatic ring is 1. The zero-order chi connectivity index (χ0) is 17.8. The van der Waals surface area contributed by atoms with Crippen molar-refractivity contribution in [3.63, 3.8) is 0 Å². The zero-order valence-electron chi connectivity index (χ0n) is 13.0. The summed E-state index contributed by atoms with van der Waals surface area (Å²) in [4.78, 5) is 21.1. The summed E-state index contributed by atoms with van der Waals surface area (Å²) in [5, 5.41) is 0. The van der Waals surface area contributed by atoms with Crippen molar-refractivity contribution in [2.45, 2.75) is 4.90 Å². The van der Waals surface area contributed by atoms with Crippen molar-refractivity contribution < 1.29 is 8.42 Å². The smallest absolute Gasteiger partial charge is 0.283 e. The van der Waals surface area contributed by atoms with E-state index in [-0.39, 0.29) is 16.3 Å². The van der Waals surface area contributed by atoms with E-state index in [2.05, 4.69) is 9.98 Å². The molecule has 126 valence electrons. The Bertz CT molecular complexity index is 1280. The number of aromatic nitrogens is 2. The van der Waals surface area contributed by atoms with Gasteiger partial charge in [-0.3, -0.25) is 14.2 Å². The molecular weight excluding hydrogens is 360 g/mol. The molecular formula is C16H12N4O3S2. The van der Waals surface area contributed by atoms with Gasteiger partial charge in [-0.25, -0.2) is 8.42 Å². The van der Waals surface area contributed by atoms with Crippen LogP contribution in [0.25, 0.3) is 21.3 Å². The molecule has 0 bridgehead atoms. The van der Waals surface area contributed by atoms with Gasteiger partial charge in [0.05, 0.1) is 26.4 Å². The van der Waals surface area contributed by atoms with Crippen LogP contribution >= 0.6 is 11.3 Å². The lowest BCUT2D eigenvalue weighted by atomic mass is 10.2. The number of aliphatic imine (C=N–C) groups is 1. The Hall–Kier alpha value is -2.78. The van der Waals surface area contributed by atoms with E-state index >= 15 is 0 Å². The van der Waals surface area contributed by atoms with Gasteiger partial charge >= 0.3 is 0 Å². The minimum Gasteiger partial charge on any atom is -0.384 e. The van der Waals surface area contributed by atoms with Crippen molar-refractivity contribution >= 4 is 54.5 Å². The van der Waals surface area contributed by atoms with Crippen LogP contribution in [-0.2, 0) is 9.84 Å². The Balaban J connectivity index is 2.04. The molecule has 7 nitrogen and oxygen atoms in total. The van der Waals surface area contributed by atoms with E-state index in [1.54, 1.807) is 41.0 Å². The number of nitrogens with two attached hydrogens (primary N) is 1. The molecule has 0 saturated carbocycles. The van der Waals surface area contributed by atoms with Crippen LogP contribution < -0.4 is 11.3 Å². The molecule has 9 heteroatoms. The summed E-state index contributed by atoms with van der Waals surface area (Å²) in [5.41, 5.74) is 7.34. The number of thiazole rings is 1. The van der Waals surface area contributed by atoms with Gasteiger partial charge < -0.3 is 5.73 Å². The first-order valence-corrected chi connectivity index (χ1v) is 9.93. The van der Waals surface area contributed by atoms with Crippen LogP contribution in [0.2, 0.25) is 0 Å². The van der Waals surface area contributed by atoms with Crippen LogP contribution in [0.1, 0.15) is 5.56 Å². The van der Waals surface area contributed by atoms with Crippen molar-refractivity contribution in [3.8, 4) is 0 Å². The third kappa shape index (κ3) is 2.57. The van der Waals surface area contributed by atoms with E-state index in [1.165, 1.54) is 17.4 Å². The number of allylic oxidation sites excluding steroid dienone is 2. The molecule has 0 spiro atoms. The zero-order valence-corrected chi connectivity index (χ0v) is 14.6. The van der Waals surface area contributed by atoms with Crippen LogP contribution in [0.4, 0.5) is 5.82 Å². The highest BCUT2D eigenvalue weighted by atomic mass is 32.2. The quantitative estimate of drug-likeness (QED) is 0.739. The van der Waals surface area contributed by atoms with Gasteiger partial charge in [-0.2, -0.15) is 4.98 Å². The Kier molecular flexibility index (Phi) is 3.37. The maximum atomic E-state index is 12.3. The van der Waals surface area contributed by atoms with Crippen molar-refractivity contribution in [1.82, 2.24) is 9.38 Å². The van der Waals surface area contributed by atoms with E-state index in [0.717, 1.165) is 6.26 Å². The molecule has 1 aliphatic heterocycles. The van der Waals surface area contributed by atoms with E-state index in [1.807, 2.05) is 0 Å². The van der Waals surface area contributed by atoms with Crippen LogP contribution in [0.15, 0.2) is 50.7 Å². The van der Waals surface area contributed by atoms with Crippen molar-refractivity contribution in [2.75, 3.05) is 12.0 Å². The molecule has 25 heavy (non-hydrogen) atoms. The van der Waals surface area contributed by atoms with Crippen molar-refractivity contribution in [3.05, 3.63) is 52.0 Å². The summed E-state index contributed by atoms with van der Waals surface area (Å²) in [6.07, 6.45) is 7.89. The Morgan fingerprint density at radius 3 is 2.80 bits per heavy atom. The summed E-state index contributed by atoms with van der Waals surface area (Å²) in [6, 6.07) is 4.75. The molecule has 1 aliphatic rings. The standard InChI is InChI=1S/C16H12N4O3S2/c1-25(22,23)10-4-5-12-13(8-10)24-16-19-15(21)11(14(17)20(12)16)7-9-3-2-6-18-9/h2-8H,17H2,1H3. The minimum absolute atomic E-state index is 0.209. The molecule has 4 rings (SSSR count). The lowest BCUT2D eigenvalue weighted by Gasteiger charge is -2.05. The van der Waals surface area contributed by atoms with Gasteiger partial charge in [0.25, 0.3) is 5.56 Å². The third-order valence-corrected chi connectivity index (χ3v) is 5.92. The fraction of sp³-hybridized carbons (Fsp3) is 0.0625. The van der Waals surface area contributed by atoms with E-state index in [4.69, 9.17) is 5.73 Å². The number of fused-ring (bicyclic) bond motifs is 3. The monoisotopic (exact) mass is 372 g/mol. The molecule has 0 radical (unpaired) electrons. The van der Waals surface area contributed by atoms with E-state index in [9.17, 15) is 13.2 Å². The van der Waals surface area contributed by atoms with Gasteiger partial charge in [0.2, 0.25) is 0 Å². The summed E-state index contributed by atoms with van der Waals surface area (Å²) in [5.74, 6) is 0.247. The van der Waals surface area contributed by atoms with Gasteiger partial charge in [-0.15, -0.1) is 0 Å². The molecule has 0 atom stereocenters. The van der Waals surface area contributed by atoms with Crippen molar-refractivity contribution in [2.24, 2.45) is 4.99 Å². The number of benzene rings is 1. The fourth-order valence-electron chi connectivity index (χ4n) is 2.60. The minimum atomic E-state index is -3.32. The van der Waals surface area contributed by atoms with Gasteiger partial charge in [-0.1, -0.05) is 11.3 Å². The van der Waals surface area contributed by atoms with Gasteiger partial charge in [0.1, 0.15) is 5.82 Å². The molecule has 1 aromatic carbocycles. The maximum absolute atomic E-state index is 12.3. The third-order valence-electron chi connectivity index (χ3n) is 3.81. The molecule has 0 saturated heterocycles. The molecule has 0 fully saturated rings. The lowest BCUT2D eigenvalue weighted by molar-refractivity contribution is 0.602. The summed E-state index contributed by atoms with van der Waals surface area (Å²) in [6.45, 7) is 0. The SMILES string of the molecule is CS(=O)(=O)c1ccc2c(c1)sc1nc(=O)c(C=C3C=CC=N3)c(N)n12. The highest BCUT2D eigenvalue weighted by Crippen LogP contribution is 2.30. The first-order valence-electron chi connectivity index (χ1n) is 7.22. The molecule has 0 unspecified atom stereocenters. The number of nitrogens with zero attached hydrogens (tertiary/aromatic N) is 3. The number of hydrogen-bond acceptors (Lipinski definition) is 7. The Labute approximate surface area is 146 Å². The molecule has 2 N–H and O–H groups in total. The molecule has 0 aliphatic carbocycles.